The number of benzene rings is 1. The van der Waals surface area contributed by atoms with Crippen molar-refractivity contribution >= 4 is 11.6 Å². The van der Waals surface area contributed by atoms with Crippen molar-refractivity contribution in [2.75, 3.05) is 45.3 Å². The van der Waals surface area contributed by atoms with Gasteiger partial charge >= 0.3 is 0 Å². The molecule has 0 radical (unpaired) electrons. The van der Waals surface area contributed by atoms with Gasteiger partial charge in [0.25, 0.3) is 0 Å². The number of hydrogen-bond acceptors (Lipinski definition) is 6. The molecule has 2 aliphatic rings. The summed E-state index contributed by atoms with van der Waals surface area (Å²) in [5.74, 6) is 1.80. The van der Waals surface area contributed by atoms with Crippen LogP contribution in [0.4, 0.5) is 5.69 Å². The molecule has 0 aliphatic carbocycles. The first-order valence-corrected chi connectivity index (χ1v) is 9.66. The minimum Gasteiger partial charge on any atom is -0.486 e. The van der Waals surface area contributed by atoms with E-state index in [1.165, 1.54) is 7.11 Å². The van der Waals surface area contributed by atoms with Crippen LogP contribution in [0.1, 0.15) is 30.0 Å². The number of hydrogen-bond donors (Lipinski definition) is 2. The molecule has 150 valence electrons. The van der Waals surface area contributed by atoms with Crippen LogP contribution in [0.5, 0.6) is 11.5 Å². The van der Waals surface area contributed by atoms with Crippen LogP contribution in [0.25, 0.3) is 0 Å². The van der Waals surface area contributed by atoms with E-state index in [2.05, 4.69) is 26.5 Å². The molecule has 1 atom stereocenters. The topological polar surface area (TPSA) is 88.7 Å². The Bertz CT molecular complexity index is 822. The molecule has 1 amide bonds. The quantitative estimate of drug-likeness (QED) is 0.791. The lowest BCUT2D eigenvalue weighted by atomic mass is 9.93. The molecule has 2 N–H and O–H groups in total. The van der Waals surface area contributed by atoms with Crippen LogP contribution in [0.15, 0.2) is 24.4 Å². The van der Waals surface area contributed by atoms with E-state index in [1.807, 2.05) is 12.1 Å². The third kappa shape index (κ3) is 4.13. The van der Waals surface area contributed by atoms with E-state index in [-0.39, 0.29) is 18.4 Å². The molecular formula is C20H26N4O4. The highest BCUT2D eigenvalue weighted by atomic mass is 16.6. The second kappa shape index (κ2) is 8.62. The second-order valence-corrected chi connectivity index (χ2v) is 7.19. The summed E-state index contributed by atoms with van der Waals surface area (Å²) in [6.45, 7) is 3.94. The van der Waals surface area contributed by atoms with Gasteiger partial charge in [-0.15, -0.1) is 0 Å². The van der Waals surface area contributed by atoms with Crippen molar-refractivity contribution in [3.05, 3.63) is 35.7 Å². The predicted octanol–water partition coefficient (Wildman–Crippen LogP) is 2.15. The Labute approximate surface area is 164 Å². The maximum Gasteiger partial charge on any atom is 0.250 e. The Kier molecular flexibility index (Phi) is 5.78. The monoisotopic (exact) mass is 386 g/mol. The van der Waals surface area contributed by atoms with Gasteiger partial charge in [-0.1, -0.05) is 12.1 Å². The minimum atomic E-state index is -0.175. The van der Waals surface area contributed by atoms with Gasteiger partial charge in [0.1, 0.15) is 19.8 Å². The number of para-hydroxylation sites is 1. The molecule has 8 nitrogen and oxygen atoms in total. The van der Waals surface area contributed by atoms with Gasteiger partial charge in [-0.3, -0.25) is 14.8 Å². The van der Waals surface area contributed by atoms with Gasteiger partial charge in [-0.25, -0.2) is 0 Å². The van der Waals surface area contributed by atoms with Crippen LogP contribution in [0.3, 0.4) is 0 Å². The molecule has 8 heteroatoms. The molecule has 0 saturated carbocycles. The predicted molar refractivity (Wildman–Crippen MR) is 104 cm³/mol. The number of nitrogens with zero attached hydrogens (tertiary/aromatic N) is 2. The summed E-state index contributed by atoms with van der Waals surface area (Å²) >= 11 is 0. The number of likely N-dealkylation sites (tertiary alicyclic amines) is 1. The Morgan fingerprint density at radius 2 is 2.29 bits per heavy atom. The molecule has 4 rings (SSSR count). The highest BCUT2D eigenvalue weighted by molar-refractivity contribution is 5.92. The SMILES string of the molecule is COCC(=O)Nc1cn[nH]c1C1CCCN(Cc2cccc3c2OCCO3)C1. The van der Waals surface area contributed by atoms with Gasteiger partial charge in [0.15, 0.2) is 11.5 Å². The van der Waals surface area contributed by atoms with E-state index in [0.717, 1.165) is 60.9 Å². The molecule has 28 heavy (non-hydrogen) atoms. The maximum atomic E-state index is 11.9. The number of rotatable bonds is 6. The number of aromatic nitrogens is 2. The molecule has 0 spiro atoms. The number of piperidine rings is 1. The number of ether oxygens (including phenoxy) is 3. The molecular weight excluding hydrogens is 360 g/mol. The normalized spacial score (nSPS) is 19.4. The maximum absolute atomic E-state index is 11.9. The zero-order valence-corrected chi connectivity index (χ0v) is 16.1. The van der Waals surface area contributed by atoms with E-state index in [9.17, 15) is 4.79 Å². The Morgan fingerprint density at radius 1 is 1.39 bits per heavy atom. The summed E-state index contributed by atoms with van der Waals surface area (Å²) in [5.41, 5.74) is 2.86. The van der Waals surface area contributed by atoms with Crippen molar-refractivity contribution in [3.63, 3.8) is 0 Å². The van der Waals surface area contributed by atoms with Gasteiger partial charge in [0, 0.05) is 31.7 Å². The molecule has 1 fully saturated rings. The second-order valence-electron chi connectivity index (χ2n) is 7.19. The Balaban J connectivity index is 1.45. The standard InChI is InChI=1S/C20H26N4O4/c1-26-13-18(25)22-16-10-21-23-19(16)14-5-3-7-24(11-14)12-15-4-2-6-17-20(15)28-9-8-27-17/h2,4,6,10,14H,3,5,7-9,11-13H2,1H3,(H,21,23)(H,22,25). The van der Waals surface area contributed by atoms with Crippen LogP contribution < -0.4 is 14.8 Å². The lowest BCUT2D eigenvalue weighted by molar-refractivity contribution is -0.119. The molecule has 1 aromatic carbocycles. The number of fused-ring (bicyclic) bond motifs is 1. The van der Waals surface area contributed by atoms with Crippen LogP contribution in [0, 0.1) is 0 Å². The van der Waals surface area contributed by atoms with E-state index < -0.39 is 0 Å². The third-order valence-corrected chi connectivity index (χ3v) is 5.17. The Hall–Kier alpha value is -2.58. The largest absolute Gasteiger partial charge is 0.486 e. The summed E-state index contributed by atoms with van der Waals surface area (Å²) in [4.78, 5) is 14.3. The van der Waals surface area contributed by atoms with E-state index in [0.29, 0.717) is 13.2 Å². The van der Waals surface area contributed by atoms with Crippen molar-refractivity contribution in [3.8, 4) is 11.5 Å². The minimum absolute atomic E-state index is 0.0304. The zero-order chi connectivity index (χ0) is 19.3. The van der Waals surface area contributed by atoms with Crippen molar-refractivity contribution in [2.24, 2.45) is 0 Å². The van der Waals surface area contributed by atoms with Crippen molar-refractivity contribution in [1.29, 1.82) is 0 Å². The molecule has 1 aromatic heterocycles. The molecule has 2 aliphatic heterocycles. The fourth-order valence-electron chi connectivity index (χ4n) is 3.96. The number of aromatic amines is 1. The van der Waals surface area contributed by atoms with Gasteiger partial charge < -0.3 is 19.5 Å². The number of methoxy groups -OCH3 is 1. The molecule has 1 unspecified atom stereocenters. The van der Waals surface area contributed by atoms with Crippen molar-refractivity contribution in [1.82, 2.24) is 15.1 Å². The number of H-pyrrole nitrogens is 1. The Morgan fingerprint density at radius 3 is 3.18 bits per heavy atom. The zero-order valence-electron chi connectivity index (χ0n) is 16.1. The van der Waals surface area contributed by atoms with Crippen molar-refractivity contribution in [2.45, 2.75) is 25.3 Å². The smallest absolute Gasteiger partial charge is 0.250 e. The molecule has 3 heterocycles. The summed E-state index contributed by atoms with van der Waals surface area (Å²) in [7, 11) is 1.51. The summed E-state index contributed by atoms with van der Waals surface area (Å²) in [5, 5.41) is 10.1. The van der Waals surface area contributed by atoms with Gasteiger partial charge in [-0.05, 0) is 25.5 Å². The van der Waals surface area contributed by atoms with Gasteiger partial charge in [-0.2, -0.15) is 5.10 Å². The first-order chi connectivity index (χ1) is 13.7. The van der Waals surface area contributed by atoms with Crippen LogP contribution in [-0.2, 0) is 16.1 Å². The average Bonchev–Trinajstić information content (AvgIpc) is 3.17. The third-order valence-electron chi connectivity index (χ3n) is 5.17. The number of carbonyl (C=O) groups is 1. The van der Waals surface area contributed by atoms with Crippen LogP contribution in [0.2, 0.25) is 0 Å². The lowest BCUT2D eigenvalue weighted by Gasteiger charge is -2.33. The summed E-state index contributed by atoms with van der Waals surface area (Å²) < 4.78 is 16.4. The highest BCUT2D eigenvalue weighted by Crippen LogP contribution is 2.36. The fraction of sp³-hybridized carbons (Fsp3) is 0.500. The van der Waals surface area contributed by atoms with Crippen LogP contribution >= 0.6 is 0 Å². The van der Waals surface area contributed by atoms with E-state index >= 15 is 0 Å². The summed E-state index contributed by atoms with van der Waals surface area (Å²) in [6.07, 6.45) is 3.81. The van der Waals surface area contributed by atoms with Crippen LogP contribution in [-0.4, -0.2) is 61.0 Å². The average molecular weight is 386 g/mol. The first-order valence-electron chi connectivity index (χ1n) is 9.66. The van der Waals surface area contributed by atoms with E-state index in [1.54, 1.807) is 6.20 Å². The first kappa shape index (κ1) is 18.8. The number of amides is 1. The summed E-state index contributed by atoms with van der Waals surface area (Å²) in [6, 6.07) is 6.07. The molecule has 2 aromatic rings. The van der Waals surface area contributed by atoms with Crippen molar-refractivity contribution < 1.29 is 19.0 Å². The molecule has 0 bridgehead atoms. The number of carbonyl (C=O) groups excluding carboxylic acids is 1. The lowest BCUT2D eigenvalue weighted by Crippen LogP contribution is -2.34. The van der Waals surface area contributed by atoms with Gasteiger partial charge in [0.05, 0.1) is 17.6 Å². The fourth-order valence-corrected chi connectivity index (χ4v) is 3.96. The highest BCUT2D eigenvalue weighted by Gasteiger charge is 2.26. The number of anilines is 1. The van der Waals surface area contributed by atoms with E-state index in [4.69, 9.17) is 14.2 Å². The van der Waals surface area contributed by atoms with Gasteiger partial charge in [0.2, 0.25) is 5.91 Å². The number of nitrogens with one attached hydrogen (secondary N) is 2. The molecule has 1 saturated heterocycles.